The summed E-state index contributed by atoms with van der Waals surface area (Å²) in [5, 5.41) is 27.3. The van der Waals surface area contributed by atoms with E-state index in [0.29, 0.717) is 11.1 Å². The third kappa shape index (κ3) is 5.79. The van der Waals surface area contributed by atoms with E-state index in [9.17, 15) is 10.5 Å². The SMILES string of the molecule is N#Cc1ccc(-c2c(-c3ccccc3)cc(-n3c4ccc(-n5c6ccccc6c6ccccc65)cc4c4ccc5c(c6ccccc6n5-c5ccccc5)c43)cc2-c2ccccc2)cc1C#N. The van der Waals surface area contributed by atoms with Gasteiger partial charge in [-0.05, 0) is 112 Å². The van der Waals surface area contributed by atoms with Crippen LogP contribution in [0.25, 0.3) is 116 Å². The van der Waals surface area contributed by atoms with Crippen LogP contribution >= 0.6 is 0 Å². The van der Waals surface area contributed by atoms with Crippen molar-refractivity contribution >= 4 is 65.4 Å². The molecular weight excluding hydrogens is 815 g/mol. The number of benzene rings is 10. The minimum atomic E-state index is 0.348. The van der Waals surface area contributed by atoms with Crippen LogP contribution in [0.3, 0.4) is 0 Å². The van der Waals surface area contributed by atoms with E-state index in [2.05, 4.69) is 220 Å². The summed E-state index contributed by atoms with van der Waals surface area (Å²) in [5.74, 6) is 0. The number of hydrogen-bond donors (Lipinski definition) is 0. The highest BCUT2D eigenvalue weighted by atomic mass is 15.0. The fourth-order valence-corrected chi connectivity index (χ4v) is 10.7. The Morgan fingerprint density at radius 3 is 1.42 bits per heavy atom. The molecule has 0 saturated heterocycles. The minimum absolute atomic E-state index is 0.348. The Hall–Kier alpha value is -9.42. The summed E-state index contributed by atoms with van der Waals surface area (Å²) in [4.78, 5) is 0. The van der Waals surface area contributed by atoms with Crippen molar-refractivity contribution in [1.29, 1.82) is 10.5 Å². The predicted octanol–water partition coefficient (Wildman–Crippen LogP) is 15.7. The number of nitrogens with zero attached hydrogens (tertiary/aromatic N) is 5. The van der Waals surface area contributed by atoms with Crippen LogP contribution in [0, 0.1) is 22.7 Å². The molecule has 3 heterocycles. The zero-order valence-electron chi connectivity index (χ0n) is 36.1. The van der Waals surface area contributed by atoms with Gasteiger partial charge in [-0.1, -0.05) is 146 Å². The van der Waals surface area contributed by atoms with E-state index in [1.54, 1.807) is 6.07 Å². The Morgan fingerprint density at radius 1 is 0.299 bits per heavy atom. The van der Waals surface area contributed by atoms with Crippen molar-refractivity contribution in [3.63, 3.8) is 0 Å². The van der Waals surface area contributed by atoms with Gasteiger partial charge in [0.25, 0.3) is 0 Å². The molecule has 13 rings (SSSR count). The lowest BCUT2D eigenvalue weighted by Gasteiger charge is -2.20. The summed E-state index contributed by atoms with van der Waals surface area (Å²) >= 11 is 0. The van der Waals surface area contributed by atoms with Crippen molar-refractivity contribution in [2.24, 2.45) is 0 Å². The zero-order valence-corrected chi connectivity index (χ0v) is 36.1. The number of aromatic nitrogens is 3. The van der Waals surface area contributed by atoms with Crippen molar-refractivity contribution in [3.05, 3.63) is 236 Å². The molecule has 0 unspecified atom stereocenters. The van der Waals surface area contributed by atoms with Crippen LogP contribution in [-0.4, -0.2) is 13.7 Å². The number of nitriles is 2. The first-order valence-corrected chi connectivity index (χ1v) is 22.5. The van der Waals surface area contributed by atoms with Gasteiger partial charge >= 0.3 is 0 Å². The summed E-state index contributed by atoms with van der Waals surface area (Å²) < 4.78 is 7.27. The Labute approximate surface area is 386 Å². The van der Waals surface area contributed by atoms with E-state index >= 15 is 0 Å². The second-order valence-corrected chi connectivity index (χ2v) is 17.1. The second-order valence-electron chi connectivity index (χ2n) is 17.1. The maximum Gasteiger partial charge on any atom is 0.101 e. The fraction of sp³-hybridized carbons (Fsp3) is 0. The molecule has 3 aromatic heterocycles. The van der Waals surface area contributed by atoms with Crippen LogP contribution < -0.4 is 0 Å². The fourth-order valence-electron chi connectivity index (χ4n) is 10.7. The standard InChI is InChI=1S/C62H37N5/c63-38-43-29-28-42(34-44(43)39-64)60-52(40-16-4-1-5-17-40)36-47(37-53(60)41-18-6-2-7-19-41)67-58-32-30-46(66-55-25-13-10-22-48(55)49-23-11-14-26-56(49)66)35-54(58)50-31-33-59-61(62(50)67)51-24-12-15-27-57(51)65(59)45-20-8-3-9-21-45/h1-37H. The highest BCUT2D eigenvalue weighted by Crippen LogP contribution is 2.47. The van der Waals surface area contributed by atoms with Crippen molar-refractivity contribution in [1.82, 2.24) is 13.7 Å². The Balaban J connectivity index is 1.20. The predicted molar refractivity (Wildman–Crippen MR) is 275 cm³/mol. The topological polar surface area (TPSA) is 62.4 Å². The van der Waals surface area contributed by atoms with E-state index in [4.69, 9.17) is 0 Å². The first kappa shape index (κ1) is 38.1. The normalized spacial score (nSPS) is 11.6. The lowest BCUT2D eigenvalue weighted by molar-refractivity contribution is 1.17. The monoisotopic (exact) mass is 851 g/mol. The molecule has 0 atom stereocenters. The molecule has 67 heavy (non-hydrogen) atoms. The number of fused-ring (bicyclic) bond motifs is 10. The molecule has 0 spiro atoms. The molecule has 0 aliphatic carbocycles. The van der Waals surface area contributed by atoms with Gasteiger partial charge < -0.3 is 13.7 Å². The van der Waals surface area contributed by atoms with Crippen molar-refractivity contribution in [3.8, 4) is 62.6 Å². The average molecular weight is 852 g/mol. The highest BCUT2D eigenvalue weighted by molar-refractivity contribution is 6.26. The van der Waals surface area contributed by atoms with Crippen LogP contribution in [0.5, 0.6) is 0 Å². The third-order valence-electron chi connectivity index (χ3n) is 13.5. The molecule has 0 amide bonds. The Kier molecular flexibility index (Phi) is 8.58. The first-order chi connectivity index (χ1) is 33.2. The van der Waals surface area contributed by atoms with Crippen molar-refractivity contribution in [2.45, 2.75) is 0 Å². The zero-order chi connectivity index (χ0) is 44.6. The molecule has 10 aromatic carbocycles. The summed E-state index contributed by atoms with van der Waals surface area (Å²) in [6, 6.07) is 84.1. The van der Waals surface area contributed by atoms with Crippen molar-refractivity contribution < 1.29 is 0 Å². The summed E-state index contributed by atoms with van der Waals surface area (Å²) in [6.45, 7) is 0. The molecule has 13 aromatic rings. The van der Waals surface area contributed by atoms with E-state index < -0.39 is 0 Å². The molecule has 0 N–H and O–H groups in total. The quantitative estimate of drug-likeness (QED) is 0.167. The molecule has 0 saturated carbocycles. The molecule has 0 aliphatic rings. The van der Waals surface area contributed by atoms with Gasteiger partial charge in [0.15, 0.2) is 0 Å². The van der Waals surface area contributed by atoms with Gasteiger partial charge in [0, 0.05) is 49.4 Å². The summed E-state index contributed by atoms with van der Waals surface area (Å²) in [7, 11) is 0. The van der Waals surface area contributed by atoms with E-state index in [1.807, 2.05) is 24.3 Å². The lowest BCUT2D eigenvalue weighted by Crippen LogP contribution is -2.00. The van der Waals surface area contributed by atoms with E-state index in [-0.39, 0.29) is 0 Å². The average Bonchev–Trinajstić information content (AvgIpc) is 4.04. The van der Waals surface area contributed by atoms with Crippen LogP contribution in [0.4, 0.5) is 0 Å². The largest absolute Gasteiger partial charge is 0.309 e. The van der Waals surface area contributed by atoms with Crippen LogP contribution in [0.1, 0.15) is 11.1 Å². The second kappa shape index (κ2) is 15.1. The third-order valence-corrected chi connectivity index (χ3v) is 13.5. The van der Waals surface area contributed by atoms with Crippen LogP contribution in [0.15, 0.2) is 224 Å². The molecule has 0 bridgehead atoms. The first-order valence-electron chi connectivity index (χ1n) is 22.5. The maximum absolute atomic E-state index is 10.3. The Morgan fingerprint density at radius 2 is 0.806 bits per heavy atom. The summed E-state index contributed by atoms with van der Waals surface area (Å²) in [6.07, 6.45) is 0. The van der Waals surface area contributed by atoms with Gasteiger partial charge in [-0.25, -0.2) is 0 Å². The molecule has 0 aliphatic heterocycles. The molecule has 0 fully saturated rings. The Bertz CT molecular complexity index is 4100. The maximum atomic E-state index is 10.3. The van der Waals surface area contributed by atoms with Gasteiger partial charge in [0.05, 0.1) is 44.2 Å². The number of rotatable bonds is 6. The van der Waals surface area contributed by atoms with Gasteiger partial charge in [0.1, 0.15) is 12.1 Å². The van der Waals surface area contributed by atoms with E-state index in [0.717, 1.165) is 94.3 Å². The molecular formula is C62H37N5. The number of hydrogen-bond acceptors (Lipinski definition) is 2. The molecule has 5 nitrogen and oxygen atoms in total. The molecule has 5 heteroatoms. The lowest BCUT2D eigenvalue weighted by atomic mass is 9.86. The molecule has 310 valence electrons. The van der Waals surface area contributed by atoms with Gasteiger partial charge in [-0.2, -0.15) is 10.5 Å². The molecule has 0 radical (unpaired) electrons. The number of para-hydroxylation sites is 4. The van der Waals surface area contributed by atoms with Crippen LogP contribution in [-0.2, 0) is 0 Å². The smallest absolute Gasteiger partial charge is 0.101 e. The minimum Gasteiger partial charge on any atom is -0.309 e. The summed E-state index contributed by atoms with van der Waals surface area (Å²) in [5.41, 5.74) is 16.7. The van der Waals surface area contributed by atoms with Gasteiger partial charge in [0.2, 0.25) is 0 Å². The van der Waals surface area contributed by atoms with Crippen molar-refractivity contribution in [2.75, 3.05) is 0 Å². The highest BCUT2D eigenvalue weighted by Gasteiger charge is 2.25. The van der Waals surface area contributed by atoms with Crippen LogP contribution in [0.2, 0.25) is 0 Å². The van der Waals surface area contributed by atoms with E-state index in [1.165, 1.54) is 21.5 Å². The van der Waals surface area contributed by atoms with Gasteiger partial charge in [-0.15, -0.1) is 0 Å². The van der Waals surface area contributed by atoms with Gasteiger partial charge in [-0.3, -0.25) is 0 Å².